The third kappa shape index (κ3) is 10.5. The maximum Gasteiger partial charge on any atom is 0.485 e. The Balaban J connectivity index is 0.000000609. The first kappa shape index (κ1) is 23.9. The van der Waals surface area contributed by atoms with Crippen LogP contribution < -0.4 is 4.57 Å². The zero-order valence-corrected chi connectivity index (χ0v) is 16.0. The molecule has 0 N–H and O–H groups in total. The predicted molar refractivity (Wildman–Crippen MR) is 88.7 cm³/mol. The second kappa shape index (κ2) is 11.5. The van der Waals surface area contributed by atoms with Crippen LogP contribution >= 0.6 is 0 Å². The Hall–Kier alpha value is -1.09. The molecule has 1 heterocycles. The SMILES string of the molecule is CCCCCCCCCC[n+]1ccn(C)c1C.O=S(=O)([O-])C(F)(F)F. The monoisotopic (exact) mass is 386 g/mol. The normalized spacial score (nSPS) is 12.0. The quantitative estimate of drug-likeness (QED) is 0.280. The van der Waals surface area contributed by atoms with Crippen LogP contribution in [-0.2, 0) is 23.7 Å². The molecule has 0 atom stereocenters. The Morgan fingerprint density at radius 3 is 1.88 bits per heavy atom. The summed E-state index contributed by atoms with van der Waals surface area (Å²) < 4.78 is 63.4. The van der Waals surface area contributed by atoms with Crippen molar-refractivity contribution in [2.45, 2.75) is 77.3 Å². The maximum atomic E-state index is 10.7. The smallest absolute Gasteiger partial charge is 0.485 e. The van der Waals surface area contributed by atoms with Crippen molar-refractivity contribution in [2.24, 2.45) is 7.05 Å². The lowest BCUT2D eigenvalue weighted by atomic mass is 10.1. The van der Waals surface area contributed by atoms with Gasteiger partial charge in [-0.3, -0.25) is 0 Å². The summed E-state index contributed by atoms with van der Waals surface area (Å²) in [4.78, 5) is 0. The molecule has 0 aliphatic heterocycles. The zero-order valence-electron chi connectivity index (χ0n) is 15.2. The first-order valence-corrected chi connectivity index (χ1v) is 9.95. The molecule has 25 heavy (non-hydrogen) atoms. The van der Waals surface area contributed by atoms with E-state index in [0.29, 0.717) is 0 Å². The fraction of sp³-hybridized carbons (Fsp3) is 0.812. The number of halogens is 3. The molecule has 9 heteroatoms. The largest absolute Gasteiger partial charge is 0.741 e. The van der Waals surface area contributed by atoms with E-state index in [4.69, 9.17) is 13.0 Å². The minimum Gasteiger partial charge on any atom is -0.741 e. The third-order valence-corrected chi connectivity index (χ3v) is 4.50. The van der Waals surface area contributed by atoms with Gasteiger partial charge in [0.15, 0.2) is 10.1 Å². The maximum absolute atomic E-state index is 10.7. The number of alkyl halides is 3. The van der Waals surface area contributed by atoms with Crippen LogP contribution in [-0.4, -0.2) is 23.0 Å². The number of unbranched alkanes of at least 4 members (excludes halogenated alkanes) is 7. The Morgan fingerprint density at radius 1 is 1.08 bits per heavy atom. The third-order valence-electron chi connectivity index (χ3n) is 3.93. The number of aromatic nitrogens is 2. The number of imidazole rings is 1. The summed E-state index contributed by atoms with van der Waals surface area (Å²) in [5.41, 5.74) is -5.65. The van der Waals surface area contributed by atoms with Gasteiger partial charge in [-0.2, -0.15) is 13.2 Å². The first-order chi connectivity index (χ1) is 11.5. The van der Waals surface area contributed by atoms with Crippen LogP contribution in [0.15, 0.2) is 12.4 Å². The van der Waals surface area contributed by atoms with Crippen LogP contribution in [0.5, 0.6) is 0 Å². The zero-order chi connectivity index (χ0) is 19.5. The molecule has 0 aliphatic rings. The van der Waals surface area contributed by atoms with Crippen LogP contribution in [0.1, 0.15) is 64.1 Å². The molecule has 148 valence electrons. The van der Waals surface area contributed by atoms with E-state index in [0.717, 1.165) is 0 Å². The van der Waals surface area contributed by atoms with E-state index in [1.54, 1.807) is 0 Å². The molecule has 0 fully saturated rings. The predicted octanol–water partition coefficient (Wildman–Crippen LogP) is 3.81. The van der Waals surface area contributed by atoms with Gasteiger partial charge in [0.25, 0.3) is 5.82 Å². The van der Waals surface area contributed by atoms with Crippen molar-refractivity contribution in [1.82, 2.24) is 4.57 Å². The van der Waals surface area contributed by atoms with E-state index in [2.05, 4.69) is 42.4 Å². The van der Waals surface area contributed by atoms with E-state index in [9.17, 15) is 13.2 Å². The van der Waals surface area contributed by atoms with Gasteiger partial charge >= 0.3 is 5.51 Å². The van der Waals surface area contributed by atoms with Crippen LogP contribution in [0.4, 0.5) is 13.2 Å². The van der Waals surface area contributed by atoms with Crippen LogP contribution in [0.3, 0.4) is 0 Å². The number of hydrogen-bond donors (Lipinski definition) is 0. The molecular formula is C16H29F3N2O3S. The van der Waals surface area contributed by atoms with Gasteiger partial charge in [0, 0.05) is 6.92 Å². The Kier molecular flexibility index (Phi) is 11.0. The van der Waals surface area contributed by atoms with Crippen molar-refractivity contribution >= 4 is 10.1 Å². The summed E-state index contributed by atoms with van der Waals surface area (Å²) in [5.74, 6) is 1.35. The average Bonchev–Trinajstić information content (AvgIpc) is 2.80. The van der Waals surface area contributed by atoms with Crippen molar-refractivity contribution in [3.8, 4) is 0 Å². The molecule has 0 saturated heterocycles. The molecule has 0 radical (unpaired) electrons. The minimum absolute atomic E-state index is 1.18. The highest BCUT2D eigenvalue weighted by atomic mass is 32.2. The molecule has 1 rings (SSSR count). The van der Waals surface area contributed by atoms with Gasteiger partial charge < -0.3 is 4.55 Å². The number of nitrogens with zero attached hydrogens (tertiary/aromatic N) is 2. The van der Waals surface area contributed by atoms with Crippen LogP contribution in [0, 0.1) is 6.92 Å². The summed E-state index contributed by atoms with van der Waals surface area (Å²) in [6.45, 7) is 5.64. The summed E-state index contributed by atoms with van der Waals surface area (Å²) in [7, 11) is -3.98. The van der Waals surface area contributed by atoms with E-state index in [1.807, 2.05) is 0 Å². The van der Waals surface area contributed by atoms with E-state index >= 15 is 0 Å². The van der Waals surface area contributed by atoms with Gasteiger partial charge in [-0.15, -0.1) is 0 Å². The number of hydrogen-bond acceptors (Lipinski definition) is 3. The van der Waals surface area contributed by atoms with Gasteiger partial charge in [-0.25, -0.2) is 17.6 Å². The molecule has 1 aromatic heterocycles. The molecule has 0 bridgehead atoms. The average molecular weight is 386 g/mol. The second-order valence-electron chi connectivity index (χ2n) is 6.02. The fourth-order valence-electron chi connectivity index (χ4n) is 2.25. The highest BCUT2D eigenvalue weighted by Crippen LogP contribution is 2.20. The van der Waals surface area contributed by atoms with Crippen LogP contribution in [0.25, 0.3) is 0 Å². The summed E-state index contributed by atoms with van der Waals surface area (Å²) >= 11 is 0. The number of aryl methyl sites for hydroxylation is 2. The second-order valence-corrected chi connectivity index (χ2v) is 7.40. The molecule has 0 saturated carbocycles. The lowest BCUT2D eigenvalue weighted by Crippen LogP contribution is -2.35. The Labute approximate surface area is 148 Å². The Bertz CT molecular complexity index is 584. The van der Waals surface area contributed by atoms with Gasteiger partial charge in [-0.05, 0) is 12.8 Å². The summed E-state index contributed by atoms with van der Waals surface area (Å²) in [6.07, 6.45) is 15.5. The standard InChI is InChI=1S/C15H29N2.CHF3O3S/c1-4-5-6-7-8-9-10-11-12-17-14-13-16(3)15(17)2;2-1(3,4)8(5,6)7/h13-14H,4-12H2,1-3H3;(H,5,6,7)/q+1;/p-1. The first-order valence-electron chi connectivity index (χ1n) is 8.54. The molecule has 0 aromatic carbocycles. The van der Waals surface area contributed by atoms with E-state index in [1.165, 1.54) is 63.7 Å². The van der Waals surface area contributed by atoms with Gasteiger partial charge in [-0.1, -0.05) is 45.4 Å². The van der Waals surface area contributed by atoms with Crippen molar-refractivity contribution in [3.63, 3.8) is 0 Å². The molecule has 0 unspecified atom stereocenters. The summed E-state index contributed by atoms with van der Waals surface area (Å²) in [6, 6.07) is 0. The lowest BCUT2D eigenvalue weighted by Gasteiger charge is -2.08. The van der Waals surface area contributed by atoms with Crippen LogP contribution in [0.2, 0.25) is 0 Å². The van der Waals surface area contributed by atoms with E-state index in [-0.39, 0.29) is 0 Å². The highest BCUT2D eigenvalue weighted by molar-refractivity contribution is 7.86. The van der Waals surface area contributed by atoms with Crippen molar-refractivity contribution in [3.05, 3.63) is 18.2 Å². The molecule has 0 aliphatic carbocycles. The molecule has 1 aromatic rings. The molecule has 0 spiro atoms. The fourth-order valence-corrected chi connectivity index (χ4v) is 2.25. The highest BCUT2D eigenvalue weighted by Gasteiger charge is 2.36. The molecule has 0 amide bonds. The molecular weight excluding hydrogens is 357 g/mol. The number of rotatable bonds is 9. The lowest BCUT2D eigenvalue weighted by molar-refractivity contribution is -0.702. The van der Waals surface area contributed by atoms with E-state index < -0.39 is 15.6 Å². The van der Waals surface area contributed by atoms with Gasteiger partial charge in [0.2, 0.25) is 0 Å². The summed E-state index contributed by atoms with van der Waals surface area (Å²) in [5, 5.41) is 0. The van der Waals surface area contributed by atoms with Crippen molar-refractivity contribution in [1.29, 1.82) is 0 Å². The molecule has 5 nitrogen and oxygen atoms in total. The van der Waals surface area contributed by atoms with Gasteiger partial charge in [0.05, 0.1) is 13.6 Å². The van der Waals surface area contributed by atoms with Crippen molar-refractivity contribution < 1.29 is 30.7 Å². The van der Waals surface area contributed by atoms with Crippen molar-refractivity contribution in [2.75, 3.05) is 0 Å². The van der Waals surface area contributed by atoms with Gasteiger partial charge in [0.1, 0.15) is 12.4 Å². The Morgan fingerprint density at radius 2 is 1.52 bits per heavy atom. The minimum atomic E-state index is -6.09. The topological polar surface area (TPSA) is 66.0 Å².